The molecule has 0 saturated carbocycles. The molecule has 0 aliphatic rings. The van der Waals surface area contributed by atoms with Crippen molar-refractivity contribution >= 4 is 123 Å². The van der Waals surface area contributed by atoms with Gasteiger partial charge in [0.1, 0.15) is 29.3 Å². The summed E-state index contributed by atoms with van der Waals surface area (Å²) >= 11 is 0. The number of carboxylic acids is 4. The second-order valence-electron chi connectivity index (χ2n) is 31.4. The largest absolute Gasteiger partial charge is 0.481 e. The van der Waals surface area contributed by atoms with Gasteiger partial charge in [0.15, 0.2) is 0 Å². The summed E-state index contributed by atoms with van der Waals surface area (Å²) in [7, 11) is 0. The van der Waals surface area contributed by atoms with Gasteiger partial charge < -0.3 is 135 Å². The normalized spacial score (nSPS) is 12.5. The smallest absolute Gasteiger partial charge is 0.408 e. The number of ether oxygens (including phenoxy) is 14. The molecule has 746 valence electrons. The number of azide groups is 1. The second-order valence-corrected chi connectivity index (χ2v) is 31.4. The van der Waals surface area contributed by atoms with E-state index in [1.54, 1.807) is 126 Å². The highest BCUT2D eigenvalue weighted by Gasteiger charge is 2.33. The Labute approximate surface area is 781 Å². The van der Waals surface area contributed by atoms with Crippen LogP contribution in [0.3, 0.4) is 0 Å². The molecular formula is C88H128N16O31. The maximum Gasteiger partial charge on any atom is 0.408 e. The number of amides is 9. The van der Waals surface area contributed by atoms with Crippen LogP contribution in [-0.4, -0.2) is 305 Å². The molecule has 5 atom stereocenters. The number of benzene rings is 4. The minimum absolute atomic E-state index is 0.0482. The first-order valence-corrected chi connectivity index (χ1v) is 43.8. The Morgan fingerprint density at radius 3 is 0.881 bits per heavy atom. The Balaban J connectivity index is 1.16. The Hall–Kier alpha value is -12.4. The van der Waals surface area contributed by atoms with E-state index in [1.165, 1.54) is 12.1 Å². The van der Waals surface area contributed by atoms with Crippen molar-refractivity contribution in [2.24, 2.45) is 37.4 Å². The average Bonchev–Trinajstić information content (AvgIpc) is 0.884. The Bertz CT molecular complexity index is 4330. The van der Waals surface area contributed by atoms with E-state index in [0.717, 1.165) is 0 Å². The molecule has 4 aromatic rings. The van der Waals surface area contributed by atoms with Crippen LogP contribution in [0.5, 0.6) is 0 Å². The lowest BCUT2D eigenvalue weighted by atomic mass is 9.94. The second kappa shape index (κ2) is 68.6. The number of anilines is 4. The quantitative estimate of drug-likeness (QED) is 0.00849. The van der Waals surface area contributed by atoms with Crippen molar-refractivity contribution < 1.29 is 149 Å². The summed E-state index contributed by atoms with van der Waals surface area (Å²) in [6.45, 7) is 17.2. The first kappa shape index (κ1) is 115. The molecule has 0 unspecified atom stereocenters. The predicted molar refractivity (Wildman–Crippen MR) is 485 cm³/mol. The third kappa shape index (κ3) is 59.1. The molecule has 4 rings (SSSR count). The number of rotatable bonds is 74. The molecule has 0 aromatic heterocycles. The highest BCUT2D eigenvalue weighted by Crippen LogP contribution is 2.26. The number of nitrogens with one attached hydrogen (secondary N) is 9. The molecule has 0 heterocycles. The van der Waals surface area contributed by atoms with Gasteiger partial charge in [-0.25, -0.2) is 19.2 Å². The topological polar surface area (TPSA) is 639 Å². The van der Waals surface area contributed by atoms with Crippen LogP contribution >= 0.6 is 0 Å². The van der Waals surface area contributed by atoms with Gasteiger partial charge in [-0.3, -0.25) is 43.2 Å². The maximum atomic E-state index is 13.7. The fourth-order valence-corrected chi connectivity index (χ4v) is 11.4. The summed E-state index contributed by atoms with van der Waals surface area (Å²) in [6.07, 6.45) is -3.79. The molecule has 0 radical (unpaired) electrons. The van der Waals surface area contributed by atoms with Gasteiger partial charge in [0.2, 0.25) is 41.4 Å². The number of azo groups is 2. The first-order chi connectivity index (χ1) is 64.7. The lowest BCUT2D eigenvalue weighted by molar-refractivity contribution is -0.146. The number of nitrogens with zero attached hydrogens (tertiary/aromatic N) is 7. The third-order valence-electron chi connectivity index (χ3n) is 17.9. The van der Waals surface area contributed by atoms with Crippen molar-refractivity contribution in [3.63, 3.8) is 0 Å². The fraction of sp³-hybridized carbons (Fsp3) is 0.580. The van der Waals surface area contributed by atoms with Crippen molar-refractivity contribution in [1.29, 1.82) is 0 Å². The van der Waals surface area contributed by atoms with Crippen molar-refractivity contribution in [2.45, 2.75) is 141 Å². The Kier molecular flexibility index (Phi) is 58.4. The summed E-state index contributed by atoms with van der Waals surface area (Å²) in [4.78, 5) is 167. The standard InChI is InChI=1S/C88H128N16O31/c1-87(2,3)134-85(120)98-72(83(116)117)57-61(81(112)113)9-7-11-75(106)93-63-13-21-67(22-14-63)100-102-69-25-17-65(18-26-69)95-78(109)59-90-74(105)30-29-71(97-77(108)31-33-122-35-37-124-39-41-126-43-45-128-47-49-130-51-53-132-55-56-133-54-52-131-50-48-129-46-44-127-42-40-125-38-36-123-34-32-92-104-89)80(111)91-60-79(110)96-66-19-27-70(28-20-66)103-101-68-23-15-64(16-24-68)94-76(107)12-8-10-62(82(114)115)58-73(84(118)119)99-86(121)135-88(4,5)6/h13-28,61-62,71-73H,7-12,29-60H2,1-6H3,(H,90,105)(H,91,111)(H,93,106)(H,94,107)(H,95,109)(H,96,110)(H,97,108)(H,98,120)(H,99,121)(H,112,113)(H,114,115)(H,116,117)(H,118,119)/t61-,62-,71+,72-,73-/m0/s1. The van der Waals surface area contributed by atoms with Crippen LogP contribution in [0.1, 0.15) is 112 Å². The molecule has 0 fully saturated rings. The van der Waals surface area contributed by atoms with E-state index in [0.29, 0.717) is 171 Å². The molecule has 0 aliphatic carbocycles. The number of carboxylic acid groups (broad SMARTS) is 4. The number of carbonyl (C=O) groups is 13. The van der Waals surface area contributed by atoms with E-state index in [2.05, 4.69) is 78.3 Å². The van der Waals surface area contributed by atoms with Crippen LogP contribution in [0.2, 0.25) is 0 Å². The molecule has 0 aliphatic heterocycles. The molecule has 0 bridgehead atoms. The highest BCUT2D eigenvalue weighted by atomic mass is 16.6. The molecule has 13 N–H and O–H groups in total. The average molecular weight is 1910 g/mol. The third-order valence-corrected chi connectivity index (χ3v) is 17.9. The van der Waals surface area contributed by atoms with E-state index in [1.807, 2.05) is 0 Å². The highest BCUT2D eigenvalue weighted by molar-refractivity contribution is 5.97. The summed E-state index contributed by atoms with van der Waals surface area (Å²) in [5, 5.41) is 81.6. The van der Waals surface area contributed by atoms with E-state index in [4.69, 9.17) is 71.8 Å². The van der Waals surface area contributed by atoms with Crippen LogP contribution in [0.25, 0.3) is 10.4 Å². The predicted octanol–water partition coefficient (Wildman–Crippen LogP) is 8.85. The van der Waals surface area contributed by atoms with Gasteiger partial charge in [-0.1, -0.05) is 5.11 Å². The zero-order valence-corrected chi connectivity index (χ0v) is 76.9. The van der Waals surface area contributed by atoms with Crippen LogP contribution in [0.15, 0.2) is 123 Å². The summed E-state index contributed by atoms with van der Waals surface area (Å²) in [6, 6.07) is 20.6. The number of hydrogen-bond acceptors (Lipinski definition) is 32. The molecule has 47 nitrogen and oxygen atoms in total. The molecule has 0 saturated heterocycles. The summed E-state index contributed by atoms with van der Waals surface area (Å²) < 4.78 is 76.1. The lowest BCUT2D eigenvalue weighted by Crippen LogP contribution is -2.49. The van der Waals surface area contributed by atoms with Gasteiger partial charge in [0.25, 0.3) is 0 Å². The van der Waals surface area contributed by atoms with Gasteiger partial charge in [-0.2, -0.15) is 20.5 Å². The van der Waals surface area contributed by atoms with Crippen LogP contribution in [0.4, 0.5) is 55.1 Å². The van der Waals surface area contributed by atoms with Crippen LogP contribution in [-0.2, 0) is 119 Å². The number of hydrogen-bond donors (Lipinski definition) is 13. The molecule has 4 aromatic carbocycles. The van der Waals surface area contributed by atoms with Crippen molar-refractivity contribution in [1.82, 2.24) is 26.6 Å². The fourth-order valence-electron chi connectivity index (χ4n) is 11.4. The van der Waals surface area contributed by atoms with E-state index in [-0.39, 0.29) is 97.4 Å². The number of carbonyl (C=O) groups excluding carboxylic acids is 9. The van der Waals surface area contributed by atoms with Crippen molar-refractivity contribution in [3.05, 3.63) is 108 Å². The number of aliphatic carboxylic acids is 4. The van der Waals surface area contributed by atoms with E-state index < -0.39 is 145 Å². The van der Waals surface area contributed by atoms with Gasteiger partial charge in [-0.05, 0) is 189 Å². The van der Waals surface area contributed by atoms with E-state index >= 15 is 0 Å². The SMILES string of the molecule is CC(C)(C)OC(=O)N[C@@H](C[C@H](CCCC(=O)Nc1ccc(N=Nc2ccc(NC(=O)CNC(=O)CC[C@@H](NC(=O)CCOCCOCCOCCOCCOCCOCCOCCOCCOCCOCCOCCOCCN=[N+]=[N-])C(=O)NCC(=O)Nc3ccc(N=Nc4ccc(NC(=O)CCC[C@@H](C[C@H](NC(=O)OC(C)(C)C)C(=O)O)C(=O)O)cc4)cc3)cc2)cc1)C(=O)O)C(=O)O. The minimum atomic E-state index is -1.54. The van der Waals surface area contributed by atoms with Gasteiger partial charge >= 0.3 is 36.1 Å². The Morgan fingerprint density at radius 1 is 0.319 bits per heavy atom. The summed E-state index contributed by atoms with van der Waals surface area (Å²) in [5.41, 5.74) is 9.45. The monoisotopic (exact) mass is 1900 g/mol. The molecule has 135 heavy (non-hydrogen) atoms. The van der Waals surface area contributed by atoms with Crippen molar-refractivity contribution in [2.75, 3.05) is 199 Å². The number of alkyl carbamates (subject to hydrolysis) is 2. The summed E-state index contributed by atoms with van der Waals surface area (Å²) in [5.74, 6) is -12.0. The lowest BCUT2D eigenvalue weighted by Gasteiger charge is -2.23. The van der Waals surface area contributed by atoms with Crippen LogP contribution < -0.4 is 47.9 Å². The van der Waals surface area contributed by atoms with Crippen molar-refractivity contribution in [3.8, 4) is 0 Å². The minimum Gasteiger partial charge on any atom is -0.481 e. The zero-order valence-electron chi connectivity index (χ0n) is 76.9. The Morgan fingerprint density at radius 2 is 0.600 bits per heavy atom. The van der Waals surface area contributed by atoms with E-state index in [9.17, 15) is 82.8 Å². The molecule has 47 heteroatoms. The van der Waals surface area contributed by atoms with Crippen LogP contribution in [0, 0.1) is 11.8 Å². The first-order valence-electron chi connectivity index (χ1n) is 43.8. The van der Waals surface area contributed by atoms with Gasteiger partial charge in [0, 0.05) is 59.9 Å². The zero-order chi connectivity index (χ0) is 98.7. The maximum absolute atomic E-state index is 13.7. The molecule has 9 amide bonds. The molecule has 0 spiro atoms. The van der Waals surface area contributed by atoms with Gasteiger partial charge in [0.05, 0.1) is 206 Å². The molecular weight excluding hydrogens is 1780 g/mol. The van der Waals surface area contributed by atoms with Gasteiger partial charge in [-0.15, -0.1) is 0 Å².